The number of aldehydes is 1. The molecule has 1 aromatic carbocycles. The molecule has 74 valence electrons. The smallest absolute Gasteiger partial charge is 0.423 e. The Labute approximate surface area is 88.8 Å². The second-order valence-electron chi connectivity index (χ2n) is 2.82. The number of aryl methyl sites for hydroxylation is 1. The molecule has 0 heterocycles. The van der Waals surface area contributed by atoms with E-state index < -0.39 is 12.9 Å². The molecule has 0 atom stereocenters. The normalized spacial score (nSPS) is 10.1. The lowest BCUT2D eigenvalue weighted by Gasteiger charge is -2.08. The summed E-state index contributed by atoms with van der Waals surface area (Å²) in [6.45, 7) is 1.63. The largest absolute Gasteiger partial charge is 0.491 e. The fourth-order valence-corrected chi connectivity index (χ4v) is 1.50. The molecule has 0 aliphatic heterocycles. The summed E-state index contributed by atoms with van der Waals surface area (Å²) in [6, 6.07) is 1.27. The lowest BCUT2D eigenvalue weighted by atomic mass is 9.78. The van der Waals surface area contributed by atoms with Crippen LogP contribution in [-0.2, 0) is 0 Å². The van der Waals surface area contributed by atoms with Gasteiger partial charge in [0.05, 0.1) is 5.56 Å². The van der Waals surface area contributed by atoms with Gasteiger partial charge in [-0.15, -0.1) is 0 Å². The third-order valence-corrected chi connectivity index (χ3v) is 2.89. The van der Waals surface area contributed by atoms with Gasteiger partial charge >= 0.3 is 7.12 Å². The Hall–Kier alpha value is -0.715. The first-order valence-electron chi connectivity index (χ1n) is 3.78. The first-order chi connectivity index (χ1) is 6.49. The van der Waals surface area contributed by atoms with Crippen molar-refractivity contribution < 1.29 is 19.2 Å². The zero-order valence-electron chi connectivity index (χ0n) is 7.29. The monoisotopic (exact) mass is 260 g/mol. The molecule has 6 heteroatoms. The molecule has 2 N–H and O–H groups in total. The van der Waals surface area contributed by atoms with Gasteiger partial charge in [-0.05, 0) is 28.4 Å². The van der Waals surface area contributed by atoms with Crippen LogP contribution in [0.1, 0.15) is 15.9 Å². The van der Waals surface area contributed by atoms with Gasteiger partial charge in [-0.2, -0.15) is 0 Å². The standard InChI is InChI=1S/C8H7BBrFO3/c1-4-2-6(9(13)14)8(11)5(3-12)7(4)10/h2-3,13-14H,1H3. The average Bonchev–Trinajstić information content (AvgIpc) is 2.12. The number of benzene rings is 1. The van der Waals surface area contributed by atoms with Gasteiger partial charge in [0.1, 0.15) is 5.82 Å². The number of halogens is 2. The number of rotatable bonds is 2. The molecule has 0 saturated carbocycles. The summed E-state index contributed by atoms with van der Waals surface area (Å²) in [5.41, 5.74) is 0.0671. The number of carbonyl (C=O) groups is 1. The van der Waals surface area contributed by atoms with Crippen molar-refractivity contribution in [2.45, 2.75) is 6.92 Å². The van der Waals surface area contributed by atoms with Gasteiger partial charge in [-0.25, -0.2) is 4.39 Å². The van der Waals surface area contributed by atoms with E-state index in [1.54, 1.807) is 6.92 Å². The molecule has 0 spiro atoms. The van der Waals surface area contributed by atoms with E-state index in [1.807, 2.05) is 0 Å². The lowest BCUT2D eigenvalue weighted by Crippen LogP contribution is -2.34. The topological polar surface area (TPSA) is 57.5 Å². The molecule has 0 aliphatic carbocycles. The summed E-state index contributed by atoms with van der Waals surface area (Å²) in [5.74, 6) is -0.910. The van der Waals surface area contributed by atoms with E-state index in [0.29, 0.717) is 16.3 Å². The highest BCUT2D eigenvalue weighted by molar-refractivity contribution is 9.10. The van der Waals surface area contributed by atoms with Crippen molar-refractivity contribution in [3.8, 4) is 0 Å². The molecule has 0 saturated heterocycles. The Morgan fingerprint density at radius 2 is 2.14 bits per heavy atom. The molecule has 1 aromatic rings. The molecule has 3 nitrogen and oxygen atoms in total. The Kier molecular flexibility index (Phi) is 3.41. The number of carbonyl (C=O) groups excluding carboxylic acids is 1. The maximum Gasteiger partial charge on any atom is 0.491 e. The van der Waals surface area contributed by atoms with E-state index in [1.165, 1.54) is 6.07 Å². The van der Waals surface area contributed by atoms with Gasteiger partial charge in [0.15, 0.2) is 6.29 Å². The van der Waals surface area contributed by atoms with E-state index in [-0.39, 0.29) is 11.0 Å². The van der Waals surface area contributed by atoms with Crippen molar-refractivity contribution in [1.29, 1.82) is 0 Å². The summed E-state index contributed by atoms with van der Waals surface area (Å²) in [6.07, 6.45) is 0.332. The Morgan fingerprint density at radius 3 is 2.57 bits per heavy atom. The second-order valence-corrected chi connectivity index (χ2v) is 3.61. The third-order valence-electron chi connectivity index (χ3n) is 1.84. The fraction of sp³-hybridized carbons (Fsp3) is 0.125. The predicted molar refractivity (Wildman–Crippen MR) is 54.1 cm³/mol. The molecule has 0 amide bonds. The highest BCUT2D eigenvalue weighted by atomic mass is 79.9. The van der Waals surface area contributed by atoms with Crippen molar-refractivity contribution in [2.24, 2.45) is 0 Å². The van der Waals surface area contributed by atoms with Crippen LogP contribution in [0.4, 0.5) is 4.39 Å². The molecule has 0 unspecified atom stereocenters. The third kappa shape index (κ3) is 1.87. The van der Waals surface area contributed by atoms with E-state index in [2.05, 4.69) is 15.9 Å². The van der Waals surface area contributed by atoms with Crippen LogP contribution >= 0.6 is 15.9 Å². The zero-order chi connectivity index (χ0) is 10.9. The van der Waals surface area contributed by atoms with Crippen molar-refractivity contribution in [2.75, 3.05) is 0 Å². The number of hydrogen-bond donors (Lipinski definition) is 2. The first kappa shape index (κ1) is 11.4. The minimum Gasteiger partial charge on any atom is -0.423 e. The van der Waals surface area contributed by atoms with Crippen LogP contribution in [0.15, 0.2) is 10.5 Å². The second kappa shape index (κ2) is 4.21. The van der Waals surface area contributed by atoms with Crippen LogP contribution < -0.4 is 5.46 Å². The van der Waals surface area contributed by atoms with Gasteiger partial charge in [0.25, 0.3) is 0 Å². The minimum absolute atomic E-state index is 0.201. The molecule has 1 rings (SSSR count). The Balaban J connectivity index is 3.50. The van der Waals surface area contributed by atoms with Crippen LogP contribution in [0.2, 0.25) is 0 Å². The summed E-state index contributed by atoms with van der Waals surface area (Å²) < 4.78 is 13.7. The van der Waals surface area contributed by atoms with Crippen LogP contribution in [0.25, 0.3) is 0 Å². The van der Waals surface area contributed by atoms with Crippen LogP contribution in [0.5, 0.6) is 0 Å². The van der Waals surface area contributed by atoms with E-state index >= 15 is 0 Å². The van der Waals surface area contributed by atoms with Gasteiger partial charge < -0.3 is 10.0 Å². The number of hydrogen-bond acceptors (Lipinski definition) is 3. The molecule has 0 fully saturated rings. The minimum atomic E-state index is -1.92. The molecule has 0 aromatic heterocycles. The van der Waals surface area contributed by atoms with Gasteiger partial charge in [-0.3, -0.25) is 4.79 Å². The van der Waals surface area contributed by atoms with E-state index in [4.69, 9.17) is 10.0 Å². The summed E-state index contributed by atoms with van der Waals surface area (Å²) in [5, 5.41) is 17.6. The molecular formula is C8H7BBrFO3. The van der Waals surface area contributed by atoms with Crippen molar-refractivity contribution in [3.63, 3.8) is 0 Å². The lowest BCUT2D eigenvalue weighted by molar-refractivity contribution is 0.111. The van der Waals surface area contributed by atoms with Crippen LogP contribution in [-0.4, -0.2) is 23.5 Å². The SMILES string of the molecule is Cc1cc(B(O)O)c(F)c(C=O)c1Br. The maximum absolute atomic E-state index is 13.4. The van der Waals surface area contributed by atoms with Gasteiger partial charge in [0, 0.05) is 9.94 Å². The zero-order valence-corrected chi connectivity index (χ0v) is 8.88. The predicted octanol–water partition coefficient (Wildman–Crippen LogP) is 0.389. The van der Waals surface area contributed by atoms with Crippen molar-refractivity contribution in [1.82, 2.24) is 0 Å². The van der Waals surface area contributed by atoms with Gasteiger partial charge in [-0.1, -0.05) is 6.07 Å². The highest BCUT2D eigenvalue weighted by Gasteiger charge is 2.22. The highest BCUT2D eigenvalue weighted by Crippen LogP contribution is 2.21. The maximum atomic E-state index is 13.4. The summed E-state index contributed by atoms with van der Waals surface area (Å²) >= 11 is 3.04. The Bertz CT molecular complexity index is 381. The quantitative estimate of drug-likeness (QED) is 0.598. The van der Waals surface area contributed by atoms with E-state index in [9.17, 15) is 9.18 Å². The first-order valence-corrected chi connectivity index (χ1v) is 4.58. The molecule has 0 radical (unpaired) electrons. The average molecular weight is 261 g/mol. The molecule has 0 aliphatic rings. The summed E-state index contributed by atoms with van der Waals surface area (Å²) in [4.78, 5) is 10.5. The van der Waals surface area contributed by atoms with E-state index in [0.717, 1.165) is 0 Å². The van der Waals surface area contributed by atoms with Crippen LogP contribution in [0.3, 0.4) is 0 Å². The van der Waals surface area contributed by atoms with Crippen molar-refractivity contribution in [3.05, 3.63) is 27.5 Å². The molecule has 14 heavy (non-hydrogen) atoms. The summed E-state index contributed by atoms with van der Waals surface area (Å²) in [7, 11) is -1.92. The molecular weight excluding hydrogens is 254 g/mol. The van der Waals surface area contributed by atoms with Crippen LogP contribution in [0, 0.1) is 12.7 Å². The fourth-order valence-electron chi connectivity index (χ4n) is 1.12. The Morgan fingerprint density at radius 1 is 1.57 bits per heavy atom. The molecule has 0 bridgehead atoms. The van der Waals surface area contributed by atoms with Gasteiger partial charge in [0.2, 0.25) is 0 Å². The van der Waals surface area contributed by atoms with Crippen molar-refractivity contribution >= 4 is 34.8 Å².